The third-order valence-electron chi connectivity index (χ3n) is 6.85. The lowest BCUT2D eigenvalue weighted by Crippen LogP contribution is -2.51. The summed E-state index contributed by atoms with van der Waals surface area (Å²) < 4.78 is 11.2. The zero-order chi connectivity index (χ0) is 23.7. The van der Waals surface area contributed by atoms with Gasteiger partial charge in [-0.05, 0) is 47.4 Å². The average molecular weight is 465 g/mol. The van der Waals surface area contributed by atoms with Crippen LogP contribution in [0.25, 0.3) is 11.1 Å². The van der Waals surface area contributed by atoms with Gasteiger partial charge in [-0.25, -0.2) is 4.79 Å². The van der Waals surface area contributed by atoms with E-state index in [4.69, 9.17) is 9.47 Å². The molecule has 2 aromatic carbocycles. The third kappa shape index (κ3) is 4.77. The molecule has 2 fully saturated rings. The molecule has 3 unspecified atom stereocenters. The van der Waals surface area contributed by atoms with Gasteiger partial charge in [0, 0.05) is 5.92 Å². The van der Waals surface area contributed by atoms with Crippen LogP contribution in [0, 0.1) is 5.92 Å². The van der Waals surface area contributed by atoms with Gasteiger partial charge in [0.05, 0.1) is 25.2 Å². The van der Waals surface area contributed by atoms with E-state index in [1.54, 1.807) is 0 Å². The molecule has 178 valence electrons. The van der Waals surface area contributed by atoms with Gasteiger partial charge in [0.25, 0.3) is 0 Å². The van der Waals surface area contributed by atoms with E-state index in [1.807, 2.05) is 48.5 Å². The number of alkyl carbamates (subject to hydrolysis) is 1. The molecule has 2 aliphatic carbocycles. The molecule has 8 nitrogen and oxygen atoms in total. The van der Waals surface area contributed by atoms with Crippen molar-refractivity contribution in [3.8, 4) is 11.1 Å². The van der Waals surface area contributed by atoms with E-state index in [2.05, 4.69) is 10.6 Å². The van der Waals surface area contributed by atoms with Crippen molar-refractivity contribution in [2.45, 2.75) is 49.8 Å². The zero-order valence-electron chi connectivity index (χ0n) is 18.7. The van der Waals surface area contributed by atoms with Crippen molar-refractivity contribution in [1.82, 2.24) is 10.6 Å². The minimum absolute atomic E-state index is 0.0841. The maximum atomic E-state index is 12.7. The smallest absolute Gasteiger partial charge is 0.407 e. The number of carbonyl (C=O) groups is 3. The standard InChI is InChI=1S/C26H28N2O6/c29-24(30)12-22(25(31)27-16-11-23(33-13-16)15-9-10-15)28-26(32)34-14-21-19-7-3-1-5-17(19)18-6-2-4-8-20(18)21/h1-8,15-16,21-23H,9-14H2,(H,27,31)(H,28,32)(H,29,30). The first-order valence-corrected chi connectivity index (χ1v) is 11.7. The number of hydrogen-bond donors (Lipinski definition) is 3. The van der Waals surface area contributed by atoms with Crippen LogP contribution in [0.5, 0.6) is 0 Å². The molecule has 5 rings (SSSR count). The number of carboxylic acid groups (broad SMARTS) is 1. The van der Waals surface area contributed by atoms with Crippen molar-refractivity contribution in [1.29, 1.82) is 0 Å². The van der Waals surface area contributed by atoms with Gasteiger partial charge in [-0.2, -0.15) is 0 Å². The molecule has 2 aromatic rings. The molecule has 34 heavy (non-hydrogen) atoms. The fourth-order valence-electron chi connectivity index (χ4n) is 5.02. The molecule has 1 heterocycles. The number of hydrogen-bond acceptors (Lipinski definition) is 5. The lowest BCUT2D eigenvalue weighted by atomic mass is 9.98. The first-order chi connectivity index (χ1) is 16.5. The van der Waals surface area contributed by atoms with E-state index in [0.29, 0.717) is 18.9 Å². The summed E-state index contributed by atoms with van der Waals surface area (Å²) in [6.45, 7) is 0.485. The molecule has 0 bridgehead atoms. The monoisotopic (exact) mass is 464 g/mol. The fourth-order valence-corrected chi connectivity index (χ4v) is 5.02. The quantitative estimate of drug-likeness (QED) is 0.553. The number of carbonyl (C=O) groups excluding carboxylic acids is 2. The van der Waals surface area contributed by atoms with Crippen LogP contribution < -0.4 is 10.6 Å². The van der Waals surface area contributed by atoms with Crippen LogP contribution in [0.1, 0.15) is 42.7 Å². The number of ether oxygens (including phenoxy) is 2. The average Bonchev–Trinajstić information content (AvgIpc) is 3.49. The number of aliphatic carboxylic acids is 1. The van der Waals surface area contributed by atoms with E-state index in [0.717, 1.165) is 35.1 Å². The summed E-state index contributed by atoms with van der Waals surface area (Å²) >= 11 is 0. The normalized spacial score (nSPS) is 21.9. The zero-order valence-corrected chi connectivity index (χ0v) is 18.7. The van der Waals surface area contributed by atoms with Gasteiger partial charge in [0.2, 0.25) is 5.91 Å². The Balaban J connectivity index is 1.19. The highest BCUT2D eigenvalue weighted by atomic mass is 16.5. The summed E-state index contributed by atoms with van der Waals surface area (Å²) in [5, 5.41) is 14.5. The van der Waals surface area contributed by atoms with Gasteiger partial charge in [0.1, 0.15) is 12.6 Å². The van der Waals surface area contributed by atoms with E-state index in [1.165, 1.54) is 0 Å². The maximum Gasteiger partial charge on any atom is 0.407 e. The van der Waals surface area contributed by atoms with Gasteiger partial charge in [-0.1, -0.05) is 48.5 Å². The fraction of sp³-hybridized carbons (Fsp3) is 0.423. The summed E-state index contributed by atoms with van der Waals surface area (Å²) in [7, 11) is 0. The van der Waals surface area contributed by atoms with E-state index in [9.17, 15) is 19.5 Å². The van der Waals surface area contributed by atoms with E-state index < -0.39 is 30.4 Å². The molecule has 2 amide bonds. The summed E-state index contributed by atoms with van der Waals surface area (Å²) in [6, 6.07) is 14.6. The van der Waals surface area contributed by atoms with Crippen molar-refractivity contribution in [3.63, 3.8) is 0 Å². The minimum Gasteiger partial charge on any atom is -0.481 e. The van der Waals surface area contributed by atoms with Gasteiger partial charge in [0.15, 0.2) is 0 Å². The van der Waals surface area contributed by atoms with Crippen molar-refractivity contribution in [2.75, 3.05) is 13.2 Å². The number of rotatable bonds is 8. The molecular weight excluding hydrogens is 436 g/mol. The topological polar surface area (TPSA) is 114 Å². The molecule has 3 aliphatic rings. The Hall–Kier alpha value is -3.39. The molecule has 8 heteroatoms. The highest BCUT2D eigenvalue weighted by Crippen LogP contribution is 2.44. The number of amides is 2. The minimum atomic E-state index is -1.23. The second kappa shape index (κ2) is 9.46. The first kappa shape index (κ1) is 22.4. The second-order valence-corrected chi connectivity index (χ2v) is 9.27. The van der Waals surface area contributed by atoms with Crippen LogP contribution >= 0.6 is 0 Å². The summed E-state index contributed by atoms with van der Waals surface area (Å²) in [5.41, 5.74) is 4.36. The lowest BCUT2D eigenvalue weighted by molar-refractivity contribution is -0.140. The van der Waals surface area contributed by atoms with Crippen molar-refractivity contribution >= 4 is 18.0 Å². The Bertz CT molecular complexity index is 1050. The molecule has 1 aliphatic heterocycles. The number of benzene rings is 2. The van der Waals surface area contributed by atoms with Crippen molar-refractivity contribution in [3.05, 3.63) is 59.7 Å². The molecule has 1 saturated heterocycles. The van der Waals surface area contributed by atoms with Crippen molar-refractivity contribution in [2.24, 2.45) is 5.92 Å². The van der Waals surface area contributed by atoms with Crippen LogP contribution in [0.2, 0.25) is 0 Å². The molecule has 3 N–H and O–H groups in total. The van der Waals surface area contributed by atoms with Gasteiger partial charge in [-0.3, -0.25) is 9.59 Å². The third-order valence-corrected chi connectivity index (χ3v) is 6.85. The highest BCUT2D eigenvalue weighted by Gasteiger charge is 2.39. The Labute approximate surface area is 197 Å². The van der Waals surface area contributed by atoms with Crippen LogP contribution in [-0.4, -0.2) is 54.5 Å². The second-order valence-electron chi connectivity index (χ2n) is 9.27. The van der Waals surface area contributed by atoms with Crippen LogP contribution in [0.4, 0.5) is 4.79 Å². The Morgan fingerprint density at radius 2 is 1.68 bits per heavy atom. The number of nitrogens with one attached hydrogen (secondary N) is 2. The summed E-state index contributed by atoms with van der Waals surface area (Å²) in [6.07, 6.45) is 1.81. The Kier molecular flexibility index (Phi) is 6.24. The van der Waals surface area contributed by atoms with E-state index in [-0.39, 0.29) is 24.7 Å². The maximum absolute atomic E-state index is 12.7. The first-order valence-electron chi connectivity index (χ1n) is 11.7. The lowest BCUT2D eigenvalue weighted by Gasteiger charge is -2.20. The number of fused-ring (bicyclic) bond motifs is 3. The highest BCUT2D eigenvalue weighted by molar-refractivity contribution is 5.89. The molecular formula is C26H28N2O6. The van der Waals surface area contributed by atoms with Crippen LogP contribution in [0.15, 0.2) is 48.5 Å². The van der Waals surface area contributed by atoms with Crippen molar-refractivity contribution < 1.29 is 29.0 Å². The predicted octanol–water partition coefficient (Wildman–Crippen LogP) is 3.05. The Morgan fingerprint density at radius 3 is 2.29 bits per heavy atom. The summed E-state index contributed by atoms with van der Waals surface area (Å²) in [4.78, 5) is 36.7. The van der Waals surface area contributed by atoms with Crippen LogP contribution in [0.3, 0.4) is 0 Å². The largest absolute Gasteiger partial charge is 0.481 e. The number of carboxylic acids is 1. The molecule has 0 aromatic heterocycles. The van der Waals surface area contributed by atoms with Crippen LogP contribution in [-0.2, 0) is 19.1 Å². The molecule has 0 spiro atoms. The summed E-state index contributed by atoms with van der Waals surface area (Å²) in [5.74, 6) is -1.28. The van der Waals surface area contributed by atoms with Gasteiger partial charge < -0.3 is 25.2 Å². The predicted molar refractivity (Wildman–Crippen MR) is 123 cm³/mol. The molecule has 3 atom stereocenters. The molecule has 1 saturated carbocycles. The SMILES string of the molecule is O=C(O)CC(NC(=O)OCC1c2ccccc2-c2ccccc21)C(=O)NC1COC(C2CC2)C1. The van der Waals surface area contributed by atoms with Gasteiger partial charge in [-0.15, -0.1) is 0 Å². The Morgan fingerprint density at radius 1 is 1.03 bits per heavy atom. The van der Waals surface area contributed by atoms with Gasteiger partial charge >= 0.3 is 12.1 Å². The van der Waals surface area contributed by atoms with E-state index >= 15 is 0 Å². The molecule has 0 radical (unpaired) electrons.